The van der Waals surface area contributed by atoms with E-state index in [9.17, 15) is 14.4 Å². The Kier molecular flexibility index (Phi) is 7.04. The van der Waals surface area contributed by atoms with E-state index in [1.54, 1.807) is 29.3 Å². The highest BCUT2D eigenvalue weighted by Gasteiger charge is 2.60. The minimum atomic E-state index is -0.922. The van der Waals surface area contributed by atoms with Crippen molar-refractivity contribution in [2.75, 3.05) is 11.4 Å². The number of para-hydroxylation sites is 1. The number of unbranched alkanes of at least 4 members (excludes halogenated alkanes) is 2. The topological polar surface area (TPSA) is 106 Å². The number of amides is 3. The summed E-state index contributed by atoms with van der Waals surface area (Å²) in [7, 11) is 0. The van der Waals surface area contributed by atoms with Crippen LogP contribution in [0.25, 0.3) is 11.3 Å². The van der Waals surface area contributed by atoms with Crippen LogP contribution in [0.2, 0.25) is 0 Å². The first-order valence-corrected chi connectivity index (χ1v) is 12.7. The Balaban J connectivity index is 1.42. The summed E-state index contributed by atoms with van der Waals surface area (Å²) in [6, 6.07) is 19.8. The molecule has 2 aliphatic rings. The number of fused-ring (bicyclic) bond motifs is 1. The Morgan fingerprint density at radius 1 is 0.917 bits per heavy atom. The van der Waals surface area contributed by atoms with Gasteiger partial charge in [-0.15, -0.1) is 0 Å². The van der Waals surface area contributed by atoms with Crippen LogP contribution in [0.1, 0.15) is 37.5 Å². The summed E-state index contributed by atoms with van der Waals surface area (Å²) in [5, 5.41) is 1.70. The molecular formula is C27H26BrN3O5. The summed E-state index contributed by atoms with van der Waals surface area (Å²) < 4.78 is 7.20. The summed E-state index contributed by atoms with van der Waals surface area (Å²) in [5.41, 5.74) is 6.66. The maximum absolute atomic E-state index is 13.6. The van der Waals surface area contributed by atoms with E-state index in [4.69, 9.17) is 15.0 Å². The van der Waals surface area contributed by atoms with E-state index in [-0.39, 0.29) is 17.7 Å². The van der Waals surface area contributed by atoms with Gasteiger partial charge in [0.2, 0.25) is 11.8 Å². The molecule has 0 bridgehead atoms. The first kappa shape index (κ1) is 24.4. The number of benzene rings is 2. The van der Waals surface area contributed by atoms with Crippen molar-refractivity contribution in [3.8, 4) is 11.3 Å². The monoisotopic (exact) mass is 551 g/mol. The van der Waals surface area contributed by atoms with Crippen molar-refractivity contribution in [1.29, 1.82) is 0 Å². The van der Waals surface area contributed by atoms with Crippen molar-refractivity contribution in [3.05, 3.63) is 77.0 Å². The highest BCUT2D eigenvalue weighted by atomic mass is 79.9. The molecule has 2 N–H and O–H groups in total. The SMILES string of the molecule is NC(=O)CCCCCN1OC2C(=O)N(c3ccccc3)C(=O)C2C1c1ccc(-c2ccc(Br)cc2)o1. The van der Waals surface area contributed by atoms with Crippen molar-refractivity contribution >= 4 is 39.3 Å². The maximum Gasteiger partial charge on any atom is 0.265 e. The smallest absolute Gasteiger partial charge is 0.265 e. The molecule has 2 aliphatic heterocycles. The van der Waals surface area contributed by atoms with E-state index in [0.717, 1.165) is 16.5 Å². The molecule has 3 heterocycles. The molecule has 0 radical (unpaired) electrons. The third-order valence-electron chi connectivity index (χ3n) is 6.56. The number of rotatable bonds is 9. The first-order chi connectivity index (χ1) is 17.4. The van der Waals surface area contributed by atoms with Gasteiger partial charge in [0.25, 0.3) is 5.91 Å². The maximum atomic E-state index is 13.6. The second-order valence-corrected chi connectivity index (χ2v) is 9.89. The van der Waals surface area contributed by atoms with Crippen LogP contribution in [-0.4, -0.2) is 35.4 Å². The molecule has 0 spiro atoms. The third-order valence-corrected chi connectivity index (χ3v) is 7.09. The summed E-state index contributed by atoms with van der Waals surface area (Å²) >= 11 is 3.44. The summed E-state index contributed by atoms with van der Waals surface area (Å²) in [5.74, 6) is -0.510. The van der Waals surface area contributed by atoms with Gasteiger partial charge in [-0.25, -0.2) is 4.90 Å². The molecule has 3 unspecified atom stereocenters. The summed E-state index contributed by atoms with van der Waals surface area (Å²) in [6.07, 6.45) is 1.57. The number of primary amides is 1. The van der Waals surface area contributed by atoms with Gasteiger partial charge in [-0.3, -0.25) is 19.2 Å². The molecule has 8 nitrogen and oxygen atoms in total. The van der Waals surface area contributed by atoms with Crippen molar-refractivity contribution in [2.45, 2.75) is 37.8 Å². The average molecular weight is 552 g/mol. The molecule has 5 rings (SSSR count). The minimum absolute atomic E-state index is 0.306. The first-order valence-electron chi connectivity index (χ1n) is 11.9. The van der Waals surface area contributed by atoms with Crippen LogP contribution < -0.4 is 10.6 Å². The van der Waals surface area contributed by atoms with Crippen LogP contribution in [-0.2, 0) is 19.2 Å². The fraction of sp³-hybridized carbons (Fsp3) is 0.296. The molecule has 2 fully saturated rings. The summed E-state index contributed by atoms with van der Waals surface area (Å²) in [4.78, 5) is 45.3. The van der Waals surface area contributed by atoms with Crippen LogP contribution in [0.4, 0.5) is 5.69 Å². The standard InChI is InChI=1S/C27H26BrN3O5/c28-18-12-10-17(11-13-18)20-14-15-21(35-20)24-23-25(36-30(24)16-6-2-5-9-22(29)32)27(34)31(26(23)33)19-7-3-1-4-8-19/h1,3-4,7-8,10-15,23-25H,2,5-6,9,16H2,(H2,29,32). The second kappa shape index (κ2) is 10.4. The predicted octanol–water partition coefficient (Wildman–Crippen LogP) is 4.60. The van der Waals surface area contributed by atoms with Crippen LogP contribution in [0.15, 0.2) is 75.6 Å². The number of anilines is 1. The Morgan fingerprint density at radius 2 is 1.67 bits per heavy atom. The number of furan rings is 1. The molecule has 0 aliphatic carbocycles. The Morgan fingerprint density at radius 3 is 2.39 bits per heavy atom. The van der Waals surface area contributed by atoms with Crippen LogP contribution >= 0.6 is 15.9 Å². The normalized spacial score (nSPS) is 21.8. The van der Waals surface area contributed by atoms with Gasteiger partial charge >= 0.3 is 0 Å². The fourth-order valence-electron chi connectivity index (χ4n) is 4.84. The number of hydrogen-bond donors (Lipinski definition) is 1. The Labute approximate surface area is 217 Å². The van der Waals surface area contributed by atoms with Crippen molar-refractivity contribution in [2.24, 2.45) is 11.7 Å². The quantitative estimate of drug-likeness (QED) is 0.307. The molecule has 2 saturated heterocycles. The zero-order chi connectivity index (χ0) is 25.2. The molecule has 1 aromatic heterocycles. The van der Waals surface area contributed by atoms with Gasteiger partial charge in [0.05, 0.1) is 5.69 Å². The van der Waals surface area contributed by atoms with E-state index in [2.05, 4.69) is 15.9 Å². The highest BCUT2D eigenvalue weighted by Crippen LogP contribution is 2.46. The fourth-order valence-corrected chi connectivity index (χ4v) is 5.10. The van der Waals surface area contributed by atoms with Gasteiger partial charge in [0.1, 0.15) is 23.5 Å². The number of carbonyl (C=O) groups excluding carboxylic acids is 3. The number of carbonyl (C=O) groups is 3. The van der Waals surface area contributed by atoms with Gasteiger partial charge in [0, 0.05) is 23.0 Å². The second-order valence-electron chi connectivity index (χ2n) is 8.97. The minimum Gasteiger partial charge on any atom is -0.459 e. The van der Waals surface area contributed by atoms with Gasteiger partial charge in [-0.05, 0) is 49.2 Å². The average Bonchev–Trinajstić information content (AvgIpc) is 3.55. The van der Waals surface area contributed by atoms with Crippen LogP contribution in [0.3, 0.4) is 0 Å². The number of nitrogens with two attached hydrogens (primary N) is 1. The van der Waals surface area contributed by atoms with Crippen LogP contribution in [0, 0.1) is 5.92 Å². The van der Waals surface area contributed by atoms with Gasteiger partial charge in [-0.2, -0.15) is 5.06 Å². The largest absolute Gasteiger partial charge is 0.459 e. The summed E-state index contributed by atoms with van der Waals surface area (Å²) in [6.45, 7) is 0.483. The van der Waals surface area contributed by atoms with Crippen molar-refractivity contribution in [3.63, 3.8) is 0 Å². The molecule has 3 aromatic rings. The van der Waals surface area contributed by atoms with Gasteiger partial charge < -0.3 is 10.2 Å². The molecule has 2 aromatic carbocycles. The highest BCUT2D eigenvalue weighted by molar-refractivity contribution is 9.10. The van der Waals surface area contributed by atoms with E-state index < -0.39 is 18.1 Å². The zero-order valence-electron chi connectivity index (χ0n) is 19.5. The lowest BCUT2D eigenvalue weighted by molar-refractivity contribution is -0.174. The number of imide groups is 1. The Hall–Kier alpha value is -3.27. The van der Waals surface area contributed by atoms with Crippen molar-refractivity contribution < 1.29 is 23.6 Å². The molecule has 3 atom stereocenters. The molecule has 0 saturated carbocycles. The Bertz CT molecular complexity index is 1260. The zero-order valence-corrected chi connectivity index (χ0v) is 21.1. The predicted molar refractivity (Wildman–Crippen MR) is 136 cm³/mol. The van der Waals surface area contributed by atoms with E-state index in [0.29, 0.717) is 43.0 Å². The molecule has 36 heavy (non-hydrogen) atoms. The lowest BCUT2D eigenvalue weighted by Crippen LogP contribution is -2.37. The molecule has 186 valence electrons. The van der Waals surface area contributed by atoms with E-state index in [1.165, 1.54) is 4.90 Å². The van der Waals surface area contributed by atoms with Gasteiger partial charge in [0.15, 0.2) is 6.10 Å². The van der Waals surface area contributed by atoms with Crippen molar-refractivity contribution in [1.82, 2.24) is 5.06 Å². The number of hydroxylamine groups is 2. The van der Waals surface area contributed by atoms with Gasteiger partial charge in [-0.1, -0.05) is 52.7 Å². The number of halogens is 1. The molecular weight excluding hydrogens is 526 g/mol. The lowest BCUT2D eigenvalue weighted by atomic mass is 9.94. The molecule has 9 heteroatoms. The number of hydrogen-bond acceptors (Lipinski definition) is 6. The van der Waals surface area contributed by atoms with E-state index in [1.807, 2.05) is 42.5 Å². The molecule has 3 amide bonds. The number of nitrogens with zero attached hydrogens (tertiary/aromatic N) is 2. The third kappa shape index (κ3) is 4.74. The lowest BCUT2D eigenvalue weighted by Gasteiger charge is -2.25. The van der Waals surface area contributed by atoms with Crippen LogP contribution in [0.5, 0.6) is 0 Å². The van der Waals surface area contributed by atoms with E-state index >= 15 is 0 Å².